The predicted octanol–water partition coefficient (Wildman–Crippen LogP) is 5.27. The summed E-state index contributed by atoms with van der Waals surface area (Å²) < 4.78 is 15.6. The summed E-state index contributed by atoms with van der Waals surface area (Å²) in [5, 5.41) is 26.4. The van der Waals surface area contributed by atoms with Gasteiger partial charge in [-0.1, -0.05) is 28.9 Å². The number of pyridine rings is 1. The number of nitrogens with zero attached hydrogens (tertiary/aromatic N) is 5. The van der Waals surface area contributed by atoms with Gasteiger partial charge in [-0.2, -0.15) is 5.26 Å². The van der Waals surface area contributed by atoms with Crippen molar-refractivity contribution in [1.82, 2.24) is 20.0 Å². The van der Waals surface area contributed by atoms with Gasteiger partial charge in [-0.25, -0.2) is 9.07 Å². The van der Waals surface area contributed by atoms with E-state index in [1.165, 1.54) is 12.1 Å². The first kappa shape index (κ1) is 22.8. The smallest absolute Gasteiger partial charge is 0.123 e. The lowest BCUT2D eigenvalue weighted by Gasteiger charge is -2.32. The highest BCUT2D eigenvalue weighted by Gasteiger charge is 2.34. The van der Waals surface area contributed by atoms with Gasteiger partial charge in [-0.3, -0.25) is 4.98 Å². The first-order valence-electron chi connectivity index (χ1n) is 12.0. The quantitative estimate of drug-likeness (QED) is 0.338. The van der Waals surface area contributed by atoms with Gasteiger partial charge in [0.05, 0.1) is 39.5 Å². The van der Waals surface area contributed by atoms with Crippen molar-refractivity contribution in [3.8, 4) is 6.07 Å². The van der Waals surface area contributed by atoms with Crippen LogP contribution < -0.4 is 10.6 Å². The van der Waals surface area contributed by atoms with Gasteiger partial charge in [0.15, 0.2) is 0 Å². The van der Waals surface area contributed by atoms with Gasteiger partial charge < -0.3 is 10.6 Å². The van der Waals surface area contributed by atoms with Crippen molar-refractivity contribution in [2.45, 2.75) is 49.6 Å². The number of rotatable bonds is 7. The molecule has 2 aromatic carbocycles. The van der Waals surface area contributed by atoms with E-state index in [2.05, 4.69) is 32.0 Å². The van der Waals surface area contributed by atoms with Gasteiger partial charge in [0.2, 0.25) is 0 Å². The van der Waals surface area contributed by atoms with Crippen LogP contribution in [0.2, 0.25) is 5.02 Å². The van der Waals surface area contributed by atoms with Gasteiger partial charge in [0.25, 0.3) is 0 Å². The molecule has 36 heavy (non-hydrogen) atoms. The molecule has 0 amide bonds. The maximum absolute atomic E-state index is 13.8. The molecule has 2 aliphatic rings. The Hall–Kier alpha value is -3.64. The van der Waals surface area contributed by atoms with Crippen molar-refractivity contribution in [2.24, 2.45) is 0 Å². The lowest BCUT2D eigenvalue weighted by atomic mass is 9.69. The van der Waals surface area contributed by atoms with Crippen LogP contribution in [0.1, 0.15) is 55.0 Å². The van der Waals surface area contributed by atoms with Crippen LogP contribution in [0.3, 0.4) is 0 Å². The summed E-state index contributed by atoms with van der Waals surface area (Å²) in [6.07, 6.45) is 8.73. The van der Waals surface area contributed by atoms with E-state index >= 15 is 0 Å². The summed E-state index contributed by atoms with van der Waals surface area (Å²) in [6, 6.07) is 12.5. The summed E-state index contributed by atoms with van der Waals surface area (Å²) in [7, 11) is 6.98. The zero-order valence-electron chi connectivity index (χ0n) is 19.4. The van der Waals surface area contributed by atoms with Crippen molar-refractivity contribution in [3.63, 3.8) is 0 Å². The maximum Gasteiger partial charge on any atom is 0.123 e. The number of nitrogens with one attached hydrogen (secondary N) is 2. The molecule has 1 atom stereocenters. The third-order valence-electron chi connectivity index (χ3n) is 6.98. The highest BCUT2D eigenvalue weighted by Crippen LogP contribution is 2.39. The zero-order valence-corrected chi connectivity index (χ0v) is 20.1. The number of hydrogen-bond acceptors (Lipinski definition) is 6. The van der Waals surface area contributed by atoms with E-state index in [1.807, 2.05) is 16.9 Å². The molecule has 2 saturated carbocycles. The van der Waals surface area contributed by atoms with Gasteiger partial charge in [0.1, 0.15) is 25.4 Å². The van der Waals surface area contributed by atoms with E-state index in [0.29, 0.717) is 50.8 Å². The van der Waals surface area contributed by atoms with Crippen molar-refractivity contribution in [2.75, 3.05) is 10.6 Å². The number of benzene rings is 2. The topological polar surface area (TPSA) is 91.5 Å². The lowest BCUT2D eigenvalue weighted by Crippen LogP contribution is -2.37. The number of anilines is 2. The minimum absolute atomic E-state index is 0.309. The molecule has 0 spiro atoms. The number of nitriles is 1. The monoisotopic (exact) mass is 497 g/mol. The molecule has 2 fully saturated rings. The molecule has 4 aromatic rings. The molecule has 2 radical (unpaired) electrons. The van der Waals surface area contributed by atoms with Gasteiger partial charge in [-0.15, -0.1) is 5.10 Å². The fourth-order valence-corrected chi connectivity index (χ4v) is 4.80. The molecule has 2 heterocycles. The van der Waals surface area contributed by atoms with E-state index < -0.39 is 5.44 Å². The molecule has 0 bridgehead atoms. The third-order valence-corrected chi connectivity index (χ3v) is 7.26. The fraction of sp³-hybridized carbons (Fsp3) is 0.308. The Morgan fingerprint density at radius 1 is 1.17 bits per heavy atom. The molecule has 0 saturated heterocycles. The van der Waals surface area contributed by atoms with Crippen molar-refractivity contribution in [3.05, 3.63) is 76.5 Å². The van der Waals surface area contributed by atoms with Gasteiger partial charge in [0, 0.05) is 23.3 Å². The second-order valence-electron chi connectivity index (χ2n) is 9.54. The fourth-order valence-electron chi connectivity index (χ4n) is 4.53. The van der Waals surface area contributed by atoms with E-state index in [9.17, 15) is 9.65 Å². The maximum atomic E-state index is 13.8. The second kappa shape index (κ2) is 8.79. The number of fused-ring (bicyclic) bond motifs is 1. The molecular weight excluding hydrogens is 476 g/mol. The van der Waals surface area contributed by atoms with Crippen LogP contribution in [-0.2, 0) is 5.44 Å². The largest absolute Gasteiger partial charge is 0.381 e. The highest BCUT2D eigenvalue weighted by atomic mass is 35.5. The highest BCUT2D eigenvalue weighted by molar-refractivity contribution is 6.36. The first-order chi connectivity index (χ1) is 17.4. The van der Waals surface area contributed by atoms with Crippen LogP contribution in [0.15, 0.2) is 48.8 Å². The SMILES string of the molecule is [B]C(Nc1cc(Cl)c2ncc(C#N)c(NC3CCC3)c2c1)(c1ccc(F)cc1)c1cn(C2CC2)nn1. The molecule has 0 aliphatic heterocycles. The molecule has 1 unspecified atom stereocenters. The van der Waals surface area contributed by atoms with E-state index in [-0.39, 0.29) is 5.82 Å². The molecule has 2 N–H and O–H groups in total. The van der Waals surface area contributed by atoms with E-state index in [1.54, 1.807) is 24.4 Å². The Labute approximate surface area is 214 Å². The molecule has 2 aliphatic carbocycles. The summed E-state index contributed by atoms with van der Waals surface area (Å²) in [5.41, 5.74) is 2.14. The Morgan fingerprint density at radius 3 is 2.61 bits per heavy atom. The summed E-state index contributed by atoms with van der Waals surface area (Å²) in [4.78, 5) is 4.44. The Morgan fingerprint density at radius 2 is 1.94 bits per heavy atom. The average molecular weight is 498 g/mol. The summed E-state index contributed by atoms with van der Waals surface area (Å²) >= 11 is 6.67. The van der Waals surface area contributed by atoms with Crippen molar-refractivity contribution in [1.29, 1.82) is 5.26 Å². The van der Waals surface area contributed by atoms with Crippen molar-refractivity contribution >= 4 is 41.7 Å². The minimum Gasteiger partial charge on any atom is -0.381 e. The van der Waals surface area contributed by atoms with E-state index in [4.69, 9.17) is 19.4 Å². The molecular formula is C26H22BClFN7. The Balaban J connectivity index is 1.46. The van der Waals surface area contributed by atoms with Crippen LogP contribution in [0.5, 0.6) is 0 Å². The van der Waals surface area contributed by atoms with E-state index in [0.717, 1.165) is 37.5 Å². The molecule has 178 valence electrons. The lowest BCUT2D eigenvalue weighted by molar-refractivity contribution is 0.446. The molecule has 6 rings (SSSR count). The zero-order chi connectivity index (χ0) is 24.9. The molecule has 7 nitrogen and oxygen atoms in total. The molecule has 10 heteroatoms. The standard InChI is InChI=1S/C26H22BClFN7/c27-26(16-4-6-17(29)7-5-16,23-14-36(35-34-23)20-8-9-20)33-19-10-21-24(32-18-2-1-3-18)15(12-30)13-31-25(21)22(28)11-19/h4-7,10-11,13-14,18,20,33H,1-3,8-9H2,(H,31,32). The predicted molar refractivity (Wildman–Crippen MR) is 138 cm³/mol. The third kappa shape index (κ3) is 4.05. The van der Waals surface area contributed by atoms with Gasteiger partial charge in [-0.05, 0) is 61.9 Å². The minimum atomic E-state index is -1.32. The normalized spacial score (nSPS) is 17.2. The molecule has 2 aromatic heterocycles. The van der Waals surface area contributed by atoms with Crippen LogP contribution in [-0.4, -0.2) is 33.9 Å². The number of hydrogen-bond donors (Lipinski definition) is 2. The van der Waals surface area contributed by atoms with Crippen LogP contribution in [0, 0.1) is 17.1 Å². The van der Waals surface area contributed by atoms with Gasteiger partial charge >= 0.3 is 0 Å². The average Bonchev–Trinajstić information content (AvgIpc) is 3.57. The summed E-state index contributed by atoms with van der Waals surface area (Å²) in [5.74, 6) is -0.363. The number of halogens is 2. The van der Waals surface area contributed by atoms with Crippen LogP contribution >= 0.6 is 11.6 Å². The van der Waals surface area contributed by atoms with Crippen LogP contribution in [0.4, 0.5) is 15.8 Å². The second-order valence-corrected chi connectivity index (χ2v) is 9.95. The van der Waals surface area contributed by atoms with Crippen LogP contribution in [0.25, 0.3) is 10.9 Å². The first-order valence-corrected chi connectivity index (χ1v) is 12.4. The number of aromatic nitrogens is 4. The Bertz CT molecular complexity index is 1490. The van der Waals surface area contributed by atoms with Crippen molar-refractivity contribution < 1.29 is 4.39 Å². The Kier molecular flexibility index (Phi) is 5.57. The summed E-state index contributed by atoms with van der Waals surface area (Å²) in [6.45, 7) is 0.